The summed E-state index contributed by atoms with van der Waals surface area (Å²) in [6, 6.07) is 22.0. The molecule has 0 aliphatic rings. The number of sulfonamides is 1. The van der Waals surface area contributed by atoms with Crippen LogP contribution in [0.4, 0.5) is 5.69 Å². The minimum absolute atomic E-state index is 0.00596. The van der Waals surface area contributed by atoms with E-state index in [-0.39, 0.29) is 10.8 Å². The van der Waals surface area contributed by atoms with E-state index in [2.05, 4.69) is 4.72 Å². The van der Waals surface area contributed by atoms with Crippen molar-refractivity contribution in [2.24, 2.45) is 0 Å². The second-order valence-corrected chi connectivity index (χ2v) is 8.41. The van der Waals surface area contributed by atoms with Crippen LogP contribution in [0.5, 0.6) is 0 Å². The van der Waals surface area contributed by atoms with E-state index in [9.17, 15) is 13.2 Å². The van der Waals surface area contributed by atoms with Gasteiger partial charge in [-0.3, -0.25) is 9.52 Å². The third-order valence-electron chi connectivity index (χ3n) is 4.08. The SMILES string of the molecule is CN(Cc1ccccc1)C(=O)c1cccc(S(=O)(=O)Nc2cccc(Cl)c2)c1. The molecular weight excluding hydrogens is 396 g/mol. The number of nitrogens with one attached hydrogen (secondary N) is 1. The molecule has 3 aromatic rings. The predicted molar refractivity (Wildman–Crippen MR) is 111 cm³/mol. The van der Waals surface area contributed by atoms with E-state index >= 15 is 0 Å². The Hall–Kier alpha value is -2.83. The molecule has 0 aliphatic carbocycles. The smallest absolute Gasteiger partial charge is 0.261 e. The number of benzene rings is 3. The van der Waals surface area contributed by atoms with Crippen LogP contribution in [-0.4, -0.2) is 26.3 Å². The van der Waals surface area contributed by atoms with Crippen molar-refractivity contribution in [2.75, 3.05) is 11.8 Å². The second-order valence-electron chi connectivity index (χ2n) is 6.29. The molecule has 0 atom stereocenters. The van der Waals surface area contributed by atoms with Gasteiger partial charge in [0.1, 0.15) is 0 Å². The molecule has 3 rings (SSSR count). The molecule has 7 heteroatoms. The first kappa shape index (κ1) is 19.9. The van der Waals surface area contributed by atoms with Crippen molar-refractivity contribution in [1.29, 1.82) is 0 Å². The Kier molecular flexibility index (Phi) is 6.02. The molecule has 1 N–H and O–H groups in total. The molecule has 144 valence electrons. The highest BCUT2D eigenvalue weighted by Gasteiger charge is 2.18. The molecule has 0 saturated heterocycles. The maximum Gasteiger partial charge on any atom is 0.261 e. The van der Waals surface area contributed by atoms with E-state index < -0.39 is 10.0 Å². The molecule has 0 bridgehead atoms. The molecule has 0 heterocycles. The van der Waals surface area contributed by atoms with Crippen molar-refractivity contribution in [2.45, 2.75) is 11.4 Å². The van der Waals surface area contributed by atoms with Crippen molar-refractivity contribution >= 4 is 33.2 Å². The number of hydrogen-bond donors (Lipinski definition) is 1. The van der Waals surface area contributed by atoms with E-state index in [0.717, 1.165) is 5.56 Å². The van der Waals surface area contributed by atoms with Gasteiger partial charge >= 0.3 is 0 Å². The van der Waals surface area contributed by atoms with Crippen LogP contribution < -0.4 is 4.72 Å². The van der Waals surface area contributed by atoms with E-state index in [1.165, 1.54) is 18.2 Å². The lowest BCUT2D eigenvalue weighted by atomic mass is 10.1. The Bertz CT molecular complexity index is 1090. The average molecular weight is 415 g/mol. The van der Waals surface area contributed by atoms with Crippen molar-refractivity contribution in [3.8, 4) is 0 Å². The molecule has 0 aliphatic heterocycles. The Morgan fingerprint density at radius 1 is 0.964 bits per heavy atom. The summed E-state index contributed by atoms with van der Waals surface area (Å²) in [6.45, 7) is 0.428. The van der Waals surface area contributed by atoms with Crippen LogP contribution in [-0.2, 0) is 16.6 Å². The second kappa shape index (κ2) is 8.46. The minimum Gasteiger partial charge on any atom is -0.337 e. The summed E-state index contributed by atoms with van der Waals surface area (Å²) in [5.41, 5.74) is 1.64. The van der Waals surface area contributed by atoms with Crippen molar-refractivity contribution < 1.29 is 13.2 Å². The standard InChI is InChI=1S/C21H19ClN2O3S/c1-24(15-16-7-3-2-4-8-16)21(25)17-9-5-12-20(13-17)28(26,27)23-19-11-6-10-18(22)14-19/h2-14,23H,15H2,1H3. The highest BCUT2D eigenvalue weighted by Crippen LogP contribution is 2.20. The first-order valence-corrected chi connectivity index (χ1v) is 10.4. The first-order chi connectivity index (χ1) is 13.3. The number of amides is 1. The van der Waals surface area contributed by atoms with Gasteiger partial charge in [-0.15, -0.1) is 0 Å². The molecule has 0 fully saturated rings. The van der Waals surface area contributed by atoms with Gasteiger partial charge in [-0.2, -0.15) is 0 Å². The zero-order chi connectivity index (χ0) is 20.1. The monoisotopic (exact) mass is 414 g/mol. The lowest BCUT2D eigenvalue weighted by molar-refractivity contribution is 0.0785. The van der Waals surface area contributed by atoms with Crippen molar-refractivity contribution in [3.63, 3.8) is 0 Å². The maximum atomic E-state index is 12.7. The van der Waals surface area contributed by atoms with Crippen molar-refractivity contribution in [1.82, 2.24) is 4.90 Å². The average Bonchev–Trinajstić information content (AvgIpc) is 2.68. The summed E-state index contributed by atoms with van der Waals surface area (Å²) in [4.78, 5) is 14.3. The summed E-state index contributed by atoms with van der Waals surface area (Å²) in [7, 11) is -2.17. The number of carbonyl (C=O) groups excluding carboxylic acids is 1. The minimum atomic E-state index is -3.85. The molecule has 0 saturated carbocycles. The third kappa shape index (κ3) is 4.91. The number of anilines is 1. The highest BCUT2D eigenvalue weighted by molar-refractivity contribution is 7.92. The van der Waals surface area contributed by atoms with Crippen LogP contribution in [0, 0.1) is 0 Å². The first-order valence-electron chi connectivity index (χ1n) is 8.53. The summed E-state index contributed by atoms with van der Waals surface area (Å²) in [5, 5.41) is 0.423. The van der Waals surface area contributed by atoms with Gasteiger partial charge in [-0.1, -0.05) is 54.1 Å². The molecular formula is C21H19ClN2O3S. The molecule has 5 nitrogen and oxygen atoms in total. The van der Waals surface area contributed by atoms with E-state index in [1.54, 1.807) is 42.3 Å². The number of halogens is 1. The summed E-state index contributed by atoms with van der Waals surface area (Å²) < 4.78 is 27.8. The fraction of sp³-hybridized carbons (Fsp3) is 0.0952. The molecule has 3 aromatic carbocycles. The van der Waals surface area contributed by atoms with Crippen LogP contribution in [0.2, 0.25) is 5.02 Å². The van der Waals surface area contributed by atoms with Gasteiger partial charge in [0, 0.05) is 24.2 Å². The zero-order valence-corrected chi connectivity index (χ0v) is 16.7. The lowest BCUT2D eigenvalue weighted by Gasteiger charge is -2.18. The fourth-order valence-corrected chi connectivity index (χ4v) is 4.00. The van der Waals surface area contributed by atoms with Gasteiger partial charge in [-0.25, -0.2) is 8.42 Å². The third-order valence-corrected chi connectivity index (χ3v) is 5.69. The molecule has 28 heavy (non-hydrogen) atoms. The number of carbonyl (C=O) groups is 1. The normalized spacial score (nSPS) is 11.1. The van der Waals surface area contributed by atoms with Crippen LogP contribution >= 0.6 is 11.6 Å². The molecule has 1 amide bonds. The van der Waals surface area contributed by atoms with Crippen LogP contribution in [0.1, 0.15) is 15.9 Å². The molecule has 0 unspecified atom stereocenters. The molecule has 0 spiro atoms. The Balaban J connectivity index is 1.80. The zero-order valence-electron chi connectivity index (χ0n) is 15.2. The van der Waals surface area contributed by atoms with Crippen LogP contribution in [0.3, 0.4) is 0 Å². The van der Waals surface area contributed by atoms with E-state index in [0.29, 0.717) is 22.8 Å². The lowest BCUT2D eigenvalue weighted by Crippen LogP contribution is -2.26. The quantitative estimate of drug-likeness (QED) is 0.649. The van der Waals surface area contributed by atoms with Crippen LogP contribution in [0.25, 0.3) is 0 Å². The summed E-state index contributed by atoms with van der Waals surface area (Å²) in [6.07, 6.45) is 0. The predicted octanol–water partition coefficient (Wildman–Crippen LogP) is 4.41. The van der Waals surface area contributed by atoms with Gasteiger partial charge < -0.3 is 4.90 Å². The molecule has 0 aromatic heterocycles. The fourth-order valence-electron chi connectivity index (χ4n) is 2.71. The largest absolute Gasteiger partial charge is 0.337 e. The topological polar surface area (TPSA) is 66.5 Å². The van der Waals surface area contributed by atoms with Gasteiger partial charge in [0.15, 0.2) is 0 Å². The van der Waals surface area contributed by atoms with Crippen LogP contribution in [0.15, 0.2) is 83.8 Å². The number of rotatable bonds is 6. The van der Waals surface area contributed by atoms with Gasteiger partial charge in [0.05, 0.1) is 10.6 Å². The van der Waals surface area contributed by atoms with Gasteiger partial charge in [0.25, 0.3) is 15.9 Å². The highest BCUT2D eigenvalue weighted by atomic mass is 35.5. The van der Waals surface area contributed by atoms with Gasteiger partial charge in [0.2, 0.25) is 0 Å². The van der Waals surface area contributed by atoms with Gasteiger partial charge in [-0.05, 0) is 42.0 Å². The van der Waals surface area contributed by atoms with E-state index in [1.807, 2.05) is 30.3 Å². The summed E-state index contributed by atoms with van der Waals surface area (Å²) in [5.74, 6) is -0.261. The van der Waals surface area contributed by atoms with E-state index in [4.69, 9.17) is 11.6 Å². The number of nitrogens with zero attached hydrogens (tertiary/aromatic N) is 1. The van der Waals surface area contributed by atoms with Crippen molar-refractivity contribution in [3.05, 3.63) is 95.0 Å². The summed E-state index contributed by atoms with van der Waals surface area (Å²) >= 11 is 5.90. The maximum absolute atomic E-state index is 12.7. The number of hydrogen-bond acceptors (Lipinski definition) is 3. The Morgan fingerprint density at radius 3 is 2.39 bits per heavy atom. The molecule has 0 radical (unpaired) electrons. The Morgan fingerprint density at radius 2 is 1.68 bits per heavy atom. The Labute approximate surface area is 169 Å².